The van der Waals surface area contributed by atoms with Gasteiger partial charge in [0, 0.05) is 12.5 Å². The first kappa shape index (κ1) is 28.7. The molecule has 0 spiro atoms. The minimum absolute atomic E-state index is 0.0820. The number of rotatable bonds is 10. The van der Waals surface area contributed by atoms with Gasteiger partial charge < -0.3 is 24.8 Å². The first-order valence-corrected chi connectivity index (χ1v) is 13.5. The second-order valence-corrected chi connectivity index (χ2v) is 10.7. The van der Waals surface area contributed by atoms with Gasteiger partial charge in [0.1, 0.15) is 24.9 Å². The summed E-state index contributed by atoms with van der Waals surface area (Å²) in [5, 5.41) is 5.34. The molecule has 8 heteroatoms. The molecule has 8 nitrogen and oxygen atoms in total. The number of fused-ring (bicyclic) bond motifs is 3. The van der Waals surface area contributed by atoms with E-state index in [-0.39, 0.29) is 32.1 Å². The normalized spacial score (nSPS) is 13.0. The van der Waals surface area contributed by atoms with Crippen molar-refractivity contribution in [3.8, 4) is 11.1 Å². The van der Waals surface area contributed by atoms with Gasteiger partial charge in [0.25, 0.3) is 0 Å². The maximum atomic E-state index is 13.0. The molecule has 3 aromatic rings. The van der Waals surface area contributed by atoms with Crippen molar-refractivity contribution in [3.05, 3.63) is 95.6 Å². The van der Waals surface area contributed by atoms with Crippen LogP contribution in [0.4, 0.5) is 9.59 Å². The third-order valence-corrected chi connectivity index (χ3v) is 6.48. The van der Waals surface area contributed by atoms with Gasteiger partial charge in [0.2, 0.25) is 0 Å². The molecule has 0 radical (unpaired) electrons. The van der Waals surface area contributed by atoms with Gasteiger partial charge in [-0.05, 0) is 61.4 Å². The van der Waals surface area contributed by atoms with Crippen molar-refractivity contribution in [2.24, 2.45) is 0 Å². The predicted molar refractivity (Wildman–Crippen MR) is 152 cm³/mol. The zero-order chi connectivity index (χ0) is 28.5. The van der Waals surface area contributed by atoms with E-state index in [0.717, 1.165) is 27.8 Å². The van der Waals surface area contributed by atoms with Crippen LogP contribution in [0.1, 0.15) is 56.2 Å². The highest BCUT2D eigenvalue weighted by Crippen LogP contribution is 2.44. The Kier molecular flexibility index (Phi) is 9.43. The molecule has 0 fully saturated rings. The molecule has 2 N–H and O–H groups in total. The van der Waals surface area contributed by atoms with Crippen LogP contribution in [0, 0.1) is 0 Å². The van der Waals surface area contributed by atoms with Crippen LogP contribution in [0.15, 0.2) is 78.9 Å². The van der Waals surface area contributed by atoms with Crippen LogP contribution < -0.4 is 10.6 Å². The third kappa shape index (κ3) is 7.85. The minimum Gasteiger partial charge on any atom is -0.459 e. The van der Waals surface area contributed by atoms with E-state index in [2.05, 4.69) is 22.8 Å². The first-order valence-electron chi connectivity index (χ1n) is 13.5. The summed E-state index contributed by atoms with van der Waals surface area (Å²) in [5.41, 5.74) is 4.69. The van der Waals surface area contributed by atoms with Crippen molar-refractivity contribution in [1.82, 2.24) is 10.6 Å². The largest absolute Gasteiger partial charge is 0.459 e. The minimum atomic E-state index is -0.945. The highest BCUT2D eigenvalue weighted by molar-refractivity contribution is 5.82. The van der Waals surface area contributed by atoms with Gasteiger partial charge >= 0.3 is 18.2 Å². The van der Waals surface area contributed by atoms with E-state index in [1.807, 2.05) is 66.7 Å². The molecular formula is C32H36N2O6. The lowest BCUT2D eigenvalue weighted by molar-refractivity contribution is -0.147. The number of hydrogen-bond acceptors (Lipinski definition) is 6. The second-order valence-electron chi connectivity index (χ2n) is 10.7. The molecule has 2 amide bonds. The lowest BCUT2D eigenvalue weighted by Crippen LogP contribution is -2.43. The summed E-state index contributed by atoms with van der Waals surface area (Å²) in [7, 11) is 0. The molecule has 210 valence electrons. The SMILES string of the molecule is CC(C)(C)OC(=O)NCCC[C@H](NC(=O)OCC1c2ccccc2-c2ccccc21)C(=O)OCc1ccccc1. The Morgan fingerprint density at radius 3 is 2.02 bits per heavy atom. The average Bonchev–Trinajstić information content (AvgIpc) is 3.25. The van der Waals surface area contributed by atoms with Crippen LogP contribution in [-0.2, 0) is 25.6 Å². The van der Waals surface area contributed by atoms with E-state index < -0.39 is 29.8 Å². The van der Waals surface area contributed by atoms with Crippen LogP contribution >= 0.6 is 0 Å². The van der Waals surface area contributed by atoms with E-state index >= 15 is 0 Å². The monoisotopic (exact) mass is 544 g/mol. The first-order chi connectivity index (χ1) is 19.2. The third-order valence-electron chi connectivity index (χ3n) is 6.48. The van der Waals surface area contributed by atoms with Crippen LogP contribution in [-0.4, -0.2) is 43.0 Å². The molecule has 0 aromatic heterocycles. The lowest BCUT2D eigenvalue weighted by atomic mass is 9.98. The number of nitrogens with one attached hydrogen (secondary N) is 2. The summed E-state index contributed by atoms with van der Waals surface area (Å²) >= 11 is 0. The standard InChI is InChI=1S/C32H36N2O6/c1-32(2,3)40-30(36)33-19-11-18-28(29(35)38-20-22-12-5-4-6-13-22)34-31(37)39-21-27-25-16-9-7-14-23(25)24-15-8-10-17-26(24)27/h4-10,12-17,27-28H,11,18-21H2,1-3H3,(H,33,36)(H,34,37)/t28-/m0/s1. The number of carbonyl (C=O) groups excluding carboxylic acids is 3. The van der Waals surface area contributed by atoms with Crippen molar-refractivity contribution in [2.75, 3.05) is 13.2 Å². The Morgan fingerprint density at radius 2 is 1.40 bits per heavy atom. The van der Waals surface area contributed by atoms with E-state index in [1.54, 1.807) is 20.8 Å². The number of ether oxygens (including phenoxy) is 3. The van der Waals surface area contributed by atoms with E-state index in [1.165, 1.54) is 0 Å². The van der Waals surface area contributed by atoms with E-state index in [4.69, 9.17) is 14.2 Å². The van der Waals surface area contributed by atoms with Crippen LogP contribution in [0.5, 0.6) is 0 Å². The Bertz CT molecular complexity index is 1270. The Labute approximate surface area is 235 Å². The zero-order valence-corrected chi connectivity index (χ0v) is 23.1. The Morgan fingerprint density at radius 1 is 0.800 bits per heavy atom. The van der Waals surface area contributed by atoms with E-state index in [9.17, 15) is 14.4 Å². The smallest absolute Gasteiger partial charge is 0.407 e. The molecule has 40 heavy (non-hydrogen) atoms. The van der Waals surface area contributed by atoms with Crippen LogP contribution in [0.25, 0.3) is 11.1 Å². The molecule has 0 aliphatic heterocycles. The quantitative estimate of drug-likeness (QED) is 0.186. The van der Waals surface area contributed by atoms with Gasteiger partial charge in [-0.3, -0.25) is 0 Å². The van der Waals surface area contributed by atoms with Crippen LogP contribution in [0.3, 0.4) is 0 Å². The summed E-state index contributed by atoms with van der Waals surface area (Å²) in [6.45, 7) is 5.82. The molecular weight excluding hydrogens is 508 g/mol. The molecule has 0 saturated heterocycles. The number of hydrogen-bond donors (Lipinski definition) is 2. The average molecular weight is 545 g/mol. The van der Waals surface area contributed by atoms with Crippen molar-refractivity contribution in [2.45, 2.75) is 57.8 Å². The highest BCUT2D eigenvalue weighted by Gasteiger charge is 2.30. The summed E-state index contributed by atoms with van der Waals surface area (Å²) in [4.78, 5) is 37.8. The van der Waals surface area contributed by atoms with Gasteiger partial charge in [0.05, 0.1) is 0 Å². The number of carbonyl (C=O) groups is 3. The molecule has 3 aromatic carbocycles. The summed E-state index contributed by atoms with van der Waals surface area (Å²) in [5.74, 6) is -0.672. The Hall–Kier alpha value is -4.33. The predicted octanol–water partition coefficient (Wildman–Crippen LogP) is 5.94. The number of esters is 1. The molecule has 0 unspecified atom stereocenters. The van der Waals surface area contributed by atoms with Gasteiger partial charge in [-0.1, -0.05) is 78.9 Å². The Balaban J connectivity index is 1.35. The fourth-order valence-electron chi connectivity index (χ4n) is 4.67. The van der Waals surface area contributed by atoms with E-state index in [0.29, 0.717) is 6.42 Å². The van der Waals surface area contributed by atoms with Gasteiger partial charge in [-0.25, -0.2) is 14.4 Å². The van der Waals surface area contributed by atoms with Gasteiger partial charge in [0.15, 0.2) is 0 Å². The molecule has 1 aliphatic carbocycles. The van der Waals surface area contributed by atoms with Gasteiger partial charge in [-0.15, -0.1) is 0 Å². The number of benzene rings is 3. The number of alkyl carbamates (subject to hydrolysis) is 2. The van der Waals surface area contributed by atoms with Gasteiger partial charge in [-0.2, -0.15) is 0 Å². The summed E-state index contributed by atoms with van der Waals surface area (Å²) < 4.78 is 16.4. The highest BCUT2D eigenvalue weighted by atomic mass is 16.6. The summed E-state index contributed by atoms with van der Waals surface area (Å²) in [6, 6.07) is 24.5. The fourth-order valence-corrected chi connectivity index (χ4v) is 4.67. The molecule has 1 aliphatic rings. The topological polar surface area (TPSA) is 103 Å². The lowest BCUT2D eigenvalue weighted by Gasteiger charge is -2.21. The molecule has 0 bridgehead atoms. The van der Waals surface area contributed by atoms with Crippen LogP contribution in [0.2, 0.25) is 0 Å². The second kappa shape index (κ2) is 13.2. The summed E-state index contributed by atoms with van der Waals surface area (Å²) in [6.07, 6.45) is -0.592. The zero-order valence-electron chi connectivity index (χ0n) is 23.1. The van der Waals surface area contributed by atoms with Crippen molar-refractivity contribution in [3.63, 3.8) is 0 Å². The maximum absolute atomic E-state index is 13.0. The van der Waals surface area contributed by atoms with Crippen molar-refractivity contribution >= 4 is 18.2 Å². The molecule has 0 heterocycles. The number of amides is 2. The fraction of sp³-hybridized carbons (Fsp3) is 0.344. The van der Waals surface area contributed by atoms with Crippen molar-refractivity contribution < 1.29 is 28.6 Å². The maximum Gasteiger partial charge on any atom is 0.407 e. The molecule has 4 rings (SSSR count). The molecule has 1 atom stereocenters. The molecule has 0 saturated carbocycles. The van der Waals surface area contributed by atoms with Crippen molar-refractivity contribution in [1.29, 1.82) is 0 Å².